The molecular formula is C17H13FN2O3S. The van der Waals surface area contributed by atoms with Crippen LogP contribution in [0.1, 0.15) is 16.3 Å². The predicted molar refractivity (Wildman–Crippen MR) is 88.7 cm³/mol. The molecule has 3 rings (SSSR count). The van der Waals surface area contributed by atoms with Gasteiger partial charge >= 0.3 is 5.69 Å². The lowest BCUT2D eigenvalue weighted by Gasteiger charge is -2.05. The Labute approximate surface area is 141 Å². The lowest BCUT2D eigenvalue weighted by atomic mass is 10.2. The summed E-state index contributed by atoms with van der Waals surface area (Å²) in [6.07, 6.45) is 0.714. The van der Waals surface area contributed by atoms with E-state index >= 15 is 0 Å². The Balaban J connectivity index is 1.68. The van der Waals surface area contributed by atoms with Crippen molar-refractivity contribution in [3.05, 3.63) is 86.1 Å². The highest BCUT2D eigenvalue weighted by Crippen LogP contribution is 2.28. The van der Waals surface area contributed by atoms with Gasteiger partial charge in [-0.3, -0.25) is 10.1 Å². The number of hydrogen-bond donors (Lipinski definition) is 0. The molecule has 0 aliphatic carbocycles. The second-order valence-corrected chi connectivity index (χ2v) is 6.00. The molecule has 0 bridgehead atoms. The molecule has 2 aromatic carbocycles. The average molecular weight is 344 g/mol. The zero-order chi connectivity index (χ0) is 16.9. The third-order valence-electron chi connectivity index (χ3n) is 3.29. The van der Waals surface area contributed by atoms with Gasteiger partial charge in [0.2, 0.25) is 0 Å². The van der Waals surface area contributed by atoms with E-state index in [1.165, 1.54) is 11.3 Å². The highest BCUT2D eigenvalue weighted by Gasteiger charge is 2.16. The quantitative estimate of drug-likeness (QED) is 0.492. The smallest absolute Gasteiger partial charge is 0.311 e. The Morgan fingerprint density at radius 2 is 2.00 bits per heavy atom. The minimum absolute atomic E-state index is 0.0512. The van der Waals surface area contributed by atoms with Crippen LogP contribution in [0.2, 0.25) is 0 Å². The Kier molecular flexibility index (Phi) is 4.81. The molecule has 5 nitrogen and oxygen atoms in total. The van der Waals surface area contributed by atoms with E-state index in [2.05, 4.69) is 4.98 Å². The van der Waals surface area contributed by atoms with Crippen molar-refractivity contribution in [1.29, 1.82) is 0 Å². The molecule has 0 saturated heterocycles. The molecule has 1 aromatic heterocycles. The lowest BCUT2D eigenvalue weighted by Crippen LogP contribution is -2.00. The van der Waals surface area contributed by atoms with Gasteiger partial charge in [0, 0.05) is 23.9 Å². The first-order valence-corrected chi connectivity index (χ1v) is 8.04. The molecule has 0 radical (unpaired) electrons. The first-order chi connectivity index (χ1) is 11.6. The second kappa shape index (κ2) is 7.18. The van der Waals surface area contributed by atoms with Crippen LogP contribution in [-0.4, -0.2) is 9.91 Å². The number of nitrogens with zero attached hydrogens (tertiary/aromatic N) is 2. The number of nitro groups is 1. The molecule has 0 atom stereocenters. The van der Waals surface area contributed by atoms with Gasteiger partial charge in [-0.1, -0.05) is 30.3 Å². The highest BCUT2D eigenvalue weighted by atomic mass is 32.1. The number of nitro benzene ring substituents is 1. The summed E-state index contributed by atoms with van der Waals surface area (Å²) in [5.41, 5.74) is 1.54. The Hall–Kier alpha value is -2.80. The van der Waals surface area contributed by atoms with E-state index < -0.39 is 10.7 Å². The zero-order valence-electron chi connectivity index (χ0n) is 12.5. The van der Waals surface area contributed by atoms with Crippen LogP contribution in [0.5, 0.6) is 5.75 Å². The van der Waals surface area contributed by atoms with Crippen LogP contribution in [0, 0.1) is 15.9 Å². The van der Waals surface area contributed by atoms with Crippen LogP contribution in [0.15, 0.2) is 53.9 Å². The van der Waals surface area contributed by atoms with Crippen LogP contribution in [0.3, 0.4) is 0 Å². The van der Waals surface area contributed by atoms with E-state index in [0.717, 1.165) is 28.8 Å². The molecule has 3 aromatic rings. The lowest BCUT2D eigenvalue weighted by molar-refractivity contribution is -0.386. The molecule has 1 heterocycles. The summed E-state index contributed by atoms with van der Waals surface area (Å²) in [7, 11) is 0. The largest absolute Gasteiger partial charge is 0.480 e. The van der Waals surface area contributed by atoms with Gasteiger partial charge in [-0.2, -0.15) is 0 Å². The molecule has 0 amide bonds. The van der Waals surface area contributed by atoms with Crippen molar-refractivity contribution in [2.75, 3.05) is 0 Å². The van der Waals surface area contributed by atoms with Gasteiger partial charge < -0.3 is 4.74 Å². The number of thiazole rings is 1. The van der Waals surface area contributed by atoms with Crippen molar-refractivity contribution in [3.63, 3.8) is 0 Å². The standard InChI is InChI=1S/C17H13FN2O3S/c18-13-6-7-15(20(21)22)16(9-13)23-10-14-11-24-17(19-14)8-12-4-2-1-3-5-12/h1-7,9,11H,8,10H2. The molecule has 24 heavy (non-hydrogen) atoms. The number of benzene rings is 2. The van der Waals surface area contributed by atoms with Gasteiger partial charge in [-0.05, 0) is 11.6 Å². The molecule has 0 aliphatic rings. The topological polar surface area (TPSA) is 65.3 Å². The number of rotatable bonds is 6. The number of ether oxygens (including phenoxy) is 1. The Morgan fingerprint density at radius 3 is 2.75 bits per heavy atom. The molecular weight excluding hydrogens is 331 g/mol. The van der Waals surface area contributed by atoms with Gasteiger partial charge in [0.05, 0.1) is 15.6 Å². The van der Waals surface area contributed by atoms with Crippen LogP contribution >= 0.6 is 11.3 Å². The zero-order valence-corrected chi connectivity index (χ0v) is 13.3. The van der Waals surface area contributed by atoms with Crippen LogP contribution < -0.4 is 4.74 Å². The van der Waals surface area contributed by atoms with E-state index in [0.29, 0.717) is 12.1 Å². The maximum absolute atomic E-state index is 13.3. The van der Waals surface area contributed by atoms with E-state index in [4.69, 9.17) is 4.74 Å². The molecule has 0 spiro atoms. The van der Waals surface area contributed by atoms with E-state index in [9.17, 15) is 14.5 Å². The summed E-state index contributed by atoms with van der Waals surface area (Å²) in [5.74, 6) is -0.684. The van der Waals surface area contributed by atoms with Crippen LogP contribution in [0.4, 0.5) is 10.1 Å². The third kappa shape index (κ3) is 3.94. The van der Waals surface area contributed by atoms with Gasteiger partial charge in [-0.15, -0.1) is 11.3 Å². The van der Waals surface area contributed by atoms with Crippen molar-refractivity contribution in [3.8, 4) is 5.75 Å². The maximum Gasteiger partial charge on any atom is 0.311 e. The molecule has 0 N–H and O–H groups in total. The van der Waals surface area contributed by atoms with Gasteiger partial charge in [0.25, 0.3) is 0 Å². The second-order valence-electron chi connectivity index (χ2n) is 5.05. The van der Waals surface area contributed by atoms with Gasteiger partial charge in [0.1, 0.15) is 12.4 Å². The fourth-order valence-corrected chi connectivity index (χ4v) is 2.99. The molecule has 0 unspecified atom stereocenters. The van der Waals surface area contributed by atoms with Crippen molar-refractivity contribution < 1.29 is 14.1 Å². The first-order valence-electron chi connectivity index (χ1n) is 7.16. The number of aromatic nitrogens is 1. The van der Waals surface area contributed by atoms with E-state index in [1.54, 1.807) is 0 Å². The van der Waals surface area contributed by atoms with E-state index in [-0.39, 0.29) is 18.0 Å². The number of halogens is 1. The van der Waals surface area contributed by atoms with Crippen LogP contribution in [0.25, 0.3) is 0 Å². The first kappa shape index (κ1) is 16.1. The molecule has 0 aliphatic heterocycles. The van der Waals surface area contributed by atoms with Crippen molar-refractivity contribution in [1.82, 2.24) is 4.98 Å². The van der Waals surface area contributed by atoms with Crippen molar-refractivity contribution >= 4 is 17.0 Å². The predicted octanol–water partition coefficient (Wildman–Crippen LogP) is 4.36. The average Bonchev–Trinajstić information content (AvgIpc) is 3.01. The minimum atomic E-state index is -0.601. The van der Waals surface area contributed by atoms with Crippen molar-refractivity contribution in [2.45, 2.75) is 13.0 Å². The summed E-state index contributed by atoms with van der Waals surface area (Å²) < 4.78 is 18.7. The Morgan fingerprint density at radius 1 is 1.21 bits per heavy atom. The molecule has 0 saturated carbocycles. The summed E-state index contributed by atoms with van der Waals surface area (Å²) in [4.78, 5) is 14.8. The third-order valence-corrected chi connectivity index (χ3v) is 4.19. The maximum atomic E-state index is 13.3. The summed E-state index contributed by atoms with van der Waals surface area (Å²) in [6.45, 7) is 0.0512. The minimum Gasteiger partial charge on any atom is -0.480 e. The normalized spacial score (nSPS) is 10.5. The number of hydrogen-bond acceptors (Lipinski definition) is 5. The van der Waals surface area contributed by atoms with Gasteiger partial charge in [0.15, 0.2) is 5.75 Å². The van der Waals surface area contributed by atoms with E-state index in [1.807, 2.05) is 35.7 Å². The van der Waals surface area contributed by atoms with Crippen LogP contribution in [-0.2, 0) is 13.0 Å². The van der Waals surface area contributed by atoms with Gasteiger partial charge in [-0.25, -0.2) is 9.37 Å². The summed E-state index contributed by atoms with van der Waals surface area (Å²) in [5, 5.41) is 13.7. The Bertz CT molecular complexity index is 852. The fraction of sp³-hybridized carbons (Fsp3) is 0.118. The highest BCUT2D eigenvalue weighted by molar-refractivity contribution is 7.09. The monoisotopic (exact) mass is 344 g/mol. The van der Waals surface area contributed by atoms with Crippen molar-refractivity contribution in [2.24, 2.45) is 0 Å². The summed E-state index contributed by atoms with van der Waals surface area (Å²) >= 11 is 1.49. The molecule has 7 heteroatoms. The summed E-state index contributed by atoms with van der Waals surface area (Å²) in [6, 6.07) is 13.1. The fourth-order valence-electron chi connectivity index (χ4n) is 2.17. The SMILES string of the molecule is O=[N+]([O-])c1ccc(F)cc1OCc1csc(Cc2ccccc2)n1. The molecule has 0 fully saturated rings. The molecule has 122 valence electrons.